The van der Waals surface area contributed by atoms with E-state index in [0.29, 0.717) is 6.54 Å². The number of nitrogens with zero attached hydrogens (tertiary/aromatic N) is 4. The van der Waals surface area contributed by atoms with Gasteiger partial charge in [-0.2, -0.15) is 4.80 Å². The van der Waals surface area contributed by atoms with E-state index >= 15 is 0 Å². The average molecular weight is 322 g/mol. The predicted molar refractivity (Wildman–Crippen MR) is 82.8 cm³/mol. The minimum Gasteiger partial charge on any atom is -0.299 e. The molecule has 0 spiro atoms. The van der Waals surface area contributed by atoms with Crippen LogP contribution in [0.1, 0.15) is 30.1 Å². The molecule has 7 nitrogen and oxygen atoms in total. The number of carbonyl (C=O) groups is 1. The van der Waals surface area contributed by atoms with Gasteiger partial charge in [0.05, 0.1) is 6.54 Å². The van der Waals surface area contributed by atoms with Crippen LogP contribution in [-0.2, 0) is 6.54 Å². The molecule has 2 aromatic rings. The van der Waals surface area contributed by atoms with Crippen molar-refractivity contribution in [3.8, 4) is 0 Å². The van der Waals surface area contributed by atoms with Gasteiger partial charge in [0.15, 0.2) is 5.11 Å². The second kappa shape index (κ2) is 7.55. The summed E-state index contributed by atoms with van der Waals surface area (Å²) in [6, 6.07) is 5.31. The Labute approximate surface area is 131 Å². The summed E-state index contributed by atoms with van der Waals surface area (Å²) in [5, 5.41) is 16.8. The van der Waals surface area contributed by atoms with Gasteiger partial charge < -0.3 is 0 Å². The van der Waals surface area contributed by atoms with Crippen LogP contribution in [0.3, 0.4) is 0 Å². The molecular formula is C13H15FN6OS. The number of thiocarbonyl (C=S) groups is 1. The van der Waals surface area contributed by atoms with E-state index < -0.39 is 11.7 Å². The summed E-state index contributed by atoms with van der Waals surface area (Å²) in [4.78, 5) is 13.3. The maximum absolute atomic E-state index is 13.1. The average Bonchev–Trinajstić information content (AvgIpc) is 2.92. The number of halogens is 1. The lowest BCUT2D eigenvalue weighted by atomic mass is 10.2. The van der Waals surface area contributed by atoms with Crippen molar-refractivity contribution in [2.75, 3.05) is 5.32 Å². The summed E-state index contributed by atoms with van der Waals surface area (Å²) in [5.41, 5.74) is 0.170. The van der Waals surface area contributed by atoms with E-state index in [1.807, 2.05) is 0 Å². The van der Waals surface area contributed by atoms with Crippen molar-refractivity contribution in [1.29, 1.82) is 0 Å². The molecule has 22 heavy (non-hydrogen) atoms. The van der Waals surface area contributed by atoms with Gasteiger partial charge in [-0.25, -0.2) is 4.39 Å². The molecule has 1 amide bonds. The first kappa shape index (κ1) is 16.0. The van der Waals surface area contributed by atoms with E-state index in [1.165, 1.54) is 23.0 Å². The molecule has 0 saturated carbocycles. The Morgan fingerprint density at radius 3 is 3.00 bits per heavy atom. The Morgan fingerprint density at radius 1 is 1.45 bits per heavy atom. The minimum atomic E-state index is -0.518. The molecule has 0 bridgehead atoms. The number of anilines is 1. The first-order valence-electron chi connectivity index (χ1n) is 6.74. The molecule has 0 aliphatic carbocycles. The molecule has 1 heterocycles. The molecule has 0 saturated heterocycles. The van der Waals surface area contributed by atoms with Crippen LogP contribution >= 0.6 is 12.2 Å². The molecule has 0 unspecified atom stereocenters. The van der Waals surface area contributed by atoms with Crippen LogP contribution in [0, 0.1) is 5.82 Å². The van der Waals surface area contributed by atoms with Crippen molar-refractivity contribution < 1.29 is 9.18 Å². The Bertz CT molecular complexity index is 674. The summed E-state index contributed by atoms with van der Waals surface area (Å²) in [7, 11) is 0. The largest absolute Gasteiger partial charge is 0.299 e. The number of hydrogen-bond donors (Lipinski definition) is 2. The molecule has 0 radical (unpaired) electrons. The maximum atomic E-state index is 13.1. The van der Waals surface area contributed by atoms with E-state index in [2.05, 4.69) is 33.0 Å². The van der Waals surface area contributed by atoms with Crippen LogP contribution in [0.25, 0.3) is 0 Å². The van der Waals surface area contributed by atoms with E-state index in [4.69, 9.17) is 12.2 Å². The van der Waals surface area contributed by atoms with E-state index in [0.717, 1.165) is 18.9 Å². The summed E-state index contributed by atoms with van der Waals surface area (Å²) < 4.78 is 13.1. The third-order valence-corrected chi connectivity index (χ3v) is 2.91. The van der Waals surface area contributed by atoms with Crippen LogP contribution in [0.15, 0.2) is 24.3 Å². The highest BCUT2D eigenvalue weighted by Crippen LogP contribution is 2.03. The van der Waals surface area contributed by atoms with Gasteiger partial charge in [0, 0.05) is 5.56 Å². The number of rotatable bonds is 5. The fourth-order valence-electron chi connectivity index (χ4n) is 1.63. The number of aryl methyl sites for hydroxylation is 1. The van der Waals surface area contributed by atoms with Gasteiger partial charge in [-0.3, -0.25) is 15.4 Å². The normalized spacial score (nSPS) is 10.3. The Kier molecular flexibility index (Phi) is 5.48. The quantitative estimate of drug-likeness (QED) is 0.816. The van der Waals surface area contributed by atoms with Gasteiger partial charge in [0.25, 0.3) is 11.9 Å². The Balaban J connectivity index is 1.89. The van der Waals surface area contributed by atoms with Gasteiger partial charge >= 0.3 is 0 Å². The Morgan fingerprint density at radius 2 is 2.27 bits per heavy atom. The van der Waals surface area contributed by atoms with Crippen LogP contribution < -0.4 is 10.6 Å². The van der Waals surface area contributed by atoms with Gasteiger partial charge in [0.1, 0.15) is 5.82 Å². The zero-order chi connectivity index (χ0) is 15.9. The summed E-state index contributed by atoms with van der Waals surface area (Å²) >= 11 is 4.99. The fourth-order valence-corrected chi connectivity index (χ4v) is 1.81. The molecule has 2 rings (SSSR count). The van der Waals surface area contributed by atoms with Crippen molar-refractivity contribution in [2.24, 2.45) is 0 Å². The summed E-state index contributed by atoms with van der Waals surface area (Å²) in [5.74, 6) is -0.817. The highest BCUT2D eigenvalue weighted by atomic mass is 32.1. The smallest absolute Gasteiger partial charge is 0.269 e. The van der Waals surface area contributed by atoms with Crippen LogP contribution in [-0.4, -0.2) is 31.2 Å². The molecule has 2 N–H and O–H groups in total. The SMILES string of the molecule is CCCCn1nnc(NC(=S)NC(=O)c2cccc(F)c2)n1. The van der Waals surface area contributed by atoms with Gasteiger partial charge in [-0.15, -0.1) is 5.10 Å². The third kappa shape index (κ3) is 4.55. The van der Waals surface area contributed by atoms with E-state index in [1.54, 1.807) is 0 Å². The number of amides is 1. The topological polar surface area (TPSA) is 84.7 Å². The molecule has 0 fully saturated rings. The number of carbonyl (C=O) groups excluding carboxylic acids is 1. The number of unbranched alkanes of at least 4 members (excludes halogenated alkanes) is 1. The number of hydrogen-bond acceptors (Lipinski definition) is 5. The molecule has 1 aromatic carbocycles. The molecular weight excluding hydrogens is 307 g/mol. The standard InChI is InChI=1S/C13H15FN6OS/c1-2-3-7-20-18-12(17-19-20)16-13(22)15-11(21)9-5-4-6-10(14)8-9/h4-6,8H,2-3,7H2,1H3,(H2,15,16,18,21,22). The third-order valence-electron chi connectivity index (χ3n) is 2.70. The van der Waals surface area contributed by atoms with Crippen molar-refractivity contribution in [1.82, 2.24) is 25.5 Å². The molecule has 1 aromatic heterocycles. The van der Waals surface area contributed by atoms with Gasteiger partial charge in [-0.05, 0) is 42.1 Å². The Hall–Kier alpha value is -2.42. The second-order valence-corrected chi connectivity index (χ2v) is 4.89. The molecule has 116 valence electrons. The molecule has 9 heteroatoms. The minimum absolute atomic E-state index is 0.0179. The highest BCUT2D eigenvalue weighted by Gasteiger charge is 2.10. The summed E-state index contributed by atoms with van der Waals surface area (Å²) in [6.07, 6.45) is 1.96. The van der Waals surface area contributed by atoms with Crippen LogP contribution in [0.4, 0.5) is 10.3 Å². The lowest BCUT2D eigenvalue weighted by Gasteiger charge is -2.06. The predicted octanol–water partition coefficient (Wildman–Crippen LogP) is 1.74. The molecule has 0 aliphatic heterocycles. The number of tetrazole rings is 1. The molecule has 0 aliphatic rings. The lowest BCUT2D eigenvalue weighted by Crippen LogP contribution is -2.34. The molecule has 0 atom stereocenters. The van der Waals surface area contributed by atoms with E-state index in [9.17, 15) is 9.18 Å². The van der Waals surface area contributed by atoms with Crippen LogP contribution in [0.5, 0.6) is 0 Å². The zero-order valence-electron chi connectivity index (χ0n) is 11.9. The monoisotopic (exact) mass is 322 g/mol. The number of benzene rings is 1. The maximum Gasteiger partial charge on any atom is 0.269 e. The van der Waals surface area contributed by atoms with Crippen molar-refractivity contribution >= 4 is 29.2 Å². The zero-order valence-corrected chi connectivity index (χ0v) is 12.7. The van der Waals surface area contributed by atoms with Gasteiger partial charge in [-0.1, -0.05) is 24.5 Å². The van der Waals surface area contributed by atoms with Crippen molar-refractivity contribution in [3.63, 3.8) is 0 Å². The van der Waals surface area contributed by atoms with Crippen molar-refractivity contribution in [2.45, 2.75) is 26.3 Å². The summed E-state index contributed by atoms with van der Waals surface area (Å²) in [6.45, 7) is 2.72. The highest BCUT2D eigenvalue weighted by molar-refractivity contribution is 7.80. The number of nitrogens with one attached hydrogen (secondary N) is 2. The van der Waals surface area contributed by atoms with Crippen LogP contribution in [0.2, 0.25) is 0 Å². The first-order valence-corrected chi connectivity index (χ1v) is 7.15. The fraction of sp³-hybridized carbons (Fsp3) is 0.308. The number of aromatic nitrogens is 4. The first-order chi connectivity index (χ1) is 10.6. The van der Waals surface area contributed by atoms with E-state index in [-0.39, 0.29) is 16.6 Å². The lowest BCUT2D eigenvalue weighted by molar-refractivity contribution is 0.0977. The second-order valence-electron chi connectivity index (χ2n) is 4.48. The van der Waals surface area contributed by atoms with Gasteiger partial charge in [0.2, 0.25) is 0 Å². The van der Waals surface area contributed by atoms with Crippen molar-refractivity contribution in [3.05, 3.63) is 35.6 Å².